The van der Waals surface area contributed by atoms with Crippen LogP contribution in [0, 0.1) is 5.41 Å². The fourth-order valence-corrected chi connectivity index (χ4v) is 4.84. The van der Waals surface area contributed by atoms with E-state index in [0.29, 0.717) is 39.0 Å². The summed E-state index contributed by atoms with van der Waals surface area (Å²) in [5.74, 6) is 0. The molecular weight excluding hydrogens is 410 g/mol. The Bertz CT molecular complexity index is 802. The molecule has 1 aromatic carbocycles. The average Bonchev–Trinajstić information content (AvgIpc) is 2.51. The number of benzene rings is 1. The van der Waals surface area contributed by atoms with Crippen LogP contribution >= 0.6 is 0 Å². The summed E-state index contributed by atoms with van der Waals surface area (Å²) >= 11 is 0. The molecule has 0 bridgehead atoms. The highest BCUT2D eigenvalue weighted by Crippen LogP contribution is 2.42. The van der Waals surface area contributed by atoms with E-state index in [1.165, 1.54) is 4.31 Å². The lowest BCUT2D eigenvalue weighted by Gasteiger charge is -2.54. The Morgan fingerprint density at radius 3 is 1.79 bits per heavy atom. The number of hydrogen-bond acceptors (Lipinski definition) is 3. The van der Waals surface area contributed by atoms with E-state index in [-0.39, 0.29) is 23.6 Å². The van der Waals surface area contributed by atoms with Crippen LogP contribution in [0.1, 0.15) is 29.5 Å². The van der Waals surface area contributed by atoms with Crippen LogP contribution in [0.4, 0.5) is 26.3 Å². The quantitative estimate of drug-likeness (QED) is 0.689. The lowest BCUT2D eigenvalue weighted by atomic mass is 9.72. The first kappa shape index (κ1) is 21.4. The van der Waals surface area contributed by atoms with E-state index >= 15 is 0 Å². The zero-order valence-electron chi connectivity index (χ0n) is 15.1. The van der Waals surface area contributed by atoms with Gasteiger partial charge in [-0.1, -0.05) is 0 Å². The van der Waals surface area contributed by atoms with Crippen molar-refractivity contribution in [3.8, 4) is 0 Å². The Balaban J connectivity index is 1.68. The molecule has 0 amide bonds. The summed E-state index contributed by atoms with van der Waals surface area (Å²) in [6.07, 6.45) is -7.31. The maximum absolute atomic E-state index is 13.0. The van der Waals surface area contributed by atoms with E-state index in [0.717, 1.165) is 18.4 Å². The largest absolute Gasteiger partial charge is 0.416 e. The van der Waals surface area contributed by atoms with Crippen molar-refractivity contribution in [3.63, 3.8) is 0 Å². The summed E-state index contributed by atoms with van der Waals surface area (Å²) in [6.45, 7) is 1.82. The molecule has 158 valence electrons. The zero-order valence-corrected chi connectivity index (χ0v) is 15.9. The van der Waals surface area contributed by atoms with E-state index in [1.807, 2.05) is 0 Å². The van der Waals surface area contributed by atoms with Gasteiger partial charge in [-0.05, 0) is 42.0 Å². The van der Waals surface area contributed by atoms with Crippen LogP contribution in [0.15, 0.2) is 18.2 Å². The molecule has 2 fully saturated rings. The van der Waals surface area contributed by atoms with Gasteiger partial charge in [0.05, 0.1) is 17.4 Å². The lowest BCUT2D eigenvalue weighted by Crippen LogP contribution is -2.60. The molecule has 0 radical (unpaired) electrons. The highest BCUT2D eigenvalue weighted by molar-refractivity contribution is 7.88. The third-order valence-corrected chi connectivity index (χ3v) is 6.73. The van der Waals surface area contributed by atoms with Gasteiger partial charge in [-0.15, -0.1) is 0 Å². The second-order valence-corrected chi connectivity index (χ2v) is 9.70. The van der Waals surface area contributed by atoms with E-state index < -0.39 is 33.5 Å². The predicted octanol–water partition coefficient (Wildman–Crippen LogP) is 3.58. The van der Waals surface area contributed by atoms with Crippen LogP contribution in [-0.4, -0.2) is 50.1 Å². The molecule has 0 saturated carbocycles. The van der Waals surface area contributed by atoms with Crippen LogP contribution in [-0.2, 0) is 28.9 Å². The summed E-state index contributed by atoms with van der Waals surface area (Å²) < 4.78 is 102. The Hall–Kier alpha value is -1.33. The number of sulfonamides is 1. The van der Waals surface area contributed by atoms with Crippen LogP contribution in [0.2, 0.25) is 0 Å². The summed E-state index contributed by atoms with van der Waals surface area (Å²) in [4.78, 5) is 1.80. The summed E-state index contributed by atoms with van der Waals surface area (Å²) in [5, 5.41) is 0. The Morgan fingerprint density at radius 2 is 1.39 bits per heavy atom. The third kappa shape index (κ3) is 4.62. The van der Waals surface area contributed by atoms with E-state index in [9.17, 15) is 34.8 Å². The summed E-state index contributed by atoms with van der Waals surface area (Å²) in [5.41, 5.74) is -2.77. The number of hydrogen-bond donors (Lipinski definition) is 0. The molecule has 28 heavy (non-hydrogen) atoms. The first-order valence-corrected chi connectivity index (χ1v) is 10.5. The first-order valence-electron chi connectivity index (χ1n) is 8.64. The fraction of sp³-hybridized carbons (Fsp3) is 0.647. The molecule has 0 unspecified atom stereocenters. The Kier molecular flexibility index (Phi) is 5.25. The number of nitrogens with zero attached hydrogens (tertiary/aromatic N) is 2. The molecule has 0 aromatic heterocycles. The second-order valence-electron chi connectivity index (χ2n) is 7.72. The molecule has 0 atom stereocenters. The van der Waals surface area contributed by atoms with Gasteiger partial charge in [0.25, 0.3) is 0 Å². The number of piperidine rings is 1. The van der Waals surface area contributed by atoms with Crippen LogP contribution in [0.5, 0.6) is 0 Å². The smallest absolute Gasteiger partial charge is 0.298 e. The molecule has 3 rings (SSSR count). The molecular formula is C17H20F6N2O2S. The van der Waals surface area contributed by atoms with Crippen molar-refractivity contribution < 1.29 is 34.8 Å². The van der Waals surface area contributed by atoms with Crippen molar-refractivity contribution >= 4 is 10.0 Å². The molecule has 2 heterocycles. The minimum absolute atomic E-state index is 0.00938. The normalized spacial score (nSPS) is 21.7. The standard InChI is InChI=1S/C17H20F6N2O2S/c1-28(26,27)25-4-2-15(3-5-25)10-24(11-15)9-12-6-13(16(18,19)20)8-14(7-12)17(21,22)23/h6-8H,2-5,9-11H2,1H3. The fourth-order valence-electron chi connectivity index (χ4n) is 3.99. The number of rotatable bonds is 3. The highest BCUT2D eigenvalue weighted by Gasteiger charge is 2.46. The minimum Gasteiger partial charge on any atom is -0.298 e. The van der Waals surface area contributed by atoms with Gasteiger partial charge in [-0.2, -0.15) is 26.3 Å². The maximum Gasteiger partial charge on any atom is 0.416 e. The lowest BCUT2D eigenvalue weighted by molar-refractivity contribution is -0.143. The van der Waals surface area contributed by atoms with Crippen LogP contribution in [0.3, 0.4) is 0 Å². The predicted molar refractivity (Wildman–Crippen MR) is 89.8 cm³/mol. The van der Waals surface area contributed by atoms with Gasteiger partial charge in [0.2, 0.25) is 10.0 Å². The van der Waals surface area contributed by atoms with Gasteiger partial charge in [0.1, 0.15) is 0 Å². The number of halogens is 6. The zero-order chi connectivity index (χ0) is 21.0. The average molecular weight is 430 g/mol. The van der Waals surface area contributed by atoms with Crippen molar-refractivity contribution in [3.05, 3.63) is 34.9 Å². The van der Waals surface area contributed by atoms with E-state index in [2.05, 4.69) is 0 Å². The topological polar surface area (TPSA) is 40.6 Å². The van der Waals surface area contributed by atoms with Crippen molar-refractivity contribution in [2.45, 2.75) is 31.7 Å². The molecule has 2 saturated heterocycles. The van der Waals surface area contributed by atoms with Crippen molar-refractivity contribution in [2.75, 3.05) is 32.4 Å². The van der Waals surface area contributed by atoms with Crippen LogP contribution in [0.25, 0.3) is 0 Å². The monoisotopic (exact) mass is 430 g/mol. The highest BCUT2D eigenvalue weighted by atomic mass is 32.2. The number of likely N-dealkylation sites (tertiary alicyclic amines) is 1. The van der Waals surface area contributed by atoms with Gasteiger partial charge in [-0.25, -0.2) is 12.7 Å². The molecule has 2 aliphatic heterocycles. The van der Waals surface area contributed by atoms with Crippen molar-refractivity contribution in [2.24, 2.45) is 5.41 Å². The van der Waals surface area contributed by atoms with E-state index in [4.69, 9.17) is 0 Å². The molecule has 1 aromatic rings. The van der Waals surface area contributed by atoms with E-state index in [1.54, 1.807) is 4.90 Å². The molecule has 1 spiro atoms. The Morgan fingerprint density at radius 1 is 0.929 bits per heavy atom. The molecule has 11 heteroatoms. The van der Waals surface area contributed by atoms with Gasteiger partial charge in [0.15, 0.2) is 0 Å². The van der Waals surface area contributed by atoms with Crippen molar-refractivity contribution in [1.82, 2.24) is 9.21 Å². The maximum atomic E-state index is 13.0. The van der Waals surface area contributed by atoms with Gasteiger partial charge >= 0.3 is 12.4 Å². The molecule has 0 aliphatic carbocycles. The SMILES string of the molecule is CS(=O)(=O)N1CCC2(CC1)CN(Cc1cc(C(F)(F)F)cc(C(F)(F)F)c1)C2. The third-order valence-electron chi connectivity index (χ3n) is 5.42. The second kappa shape index (κ2) is 6.88. The van der Waals surface area contributed by atoms with Gasteiger partial charge in [0, 0.05) is 32.7 Å². The molecule has 0 N–H and O–H groups in total. The van der Waals surface area contributed by atoms with Gasteiger partial charge in [-0.3, -0.25) is 4.90 Å². The van der Waals surface area contributed by atoms with Crippen molar-refractivity contribution in [1.29, 1.82) is 0 Å². The van der Waals surface area contributed by atoms with Gasteiger partial charge < -0.3 is 0 Å². The summed E-state index contributed by atoms with van der Waals surface area (Å²) in [7, 11) is -3.25. The first-order chi connectivity index (χ1) is 12.7. The summed E-state index contributed by atoms with van der Waals surface area (Å²) in [6, 6.07) is 1.64. The van der Waals surface area contributed by atoms with Crippen LogP contribution < -0.4 is 0 Å². The Labute approximate surface area is 159 Å². The molecule has 4 nitrogen and oxygen atoms in total. The minimum atomic E-state index is -4.86. The molecule has 2 aliphatic rings. The number of alkyl halides is 6.